The van der Waals surface area contributed by atoms with Crippen molar-refractivity contribution in [1.29, 1.82) is 0 Å². The first-order chi connectivity index (χ1) is 10.4. The number of hydrogen-bond donors (Lipinski definition) is 1. The van der Waals surface area contributed by atoms with Gasteiger partial charge in [0.05, 0.1) is 0 Å². The van der Waals surface area contributed by atoms with Gasteiger partial charge < -0.3 is 10.1 Å². The maximum atomic E-state index is 13.1. The fourth-order valence-corrected chi connectivity index (χ4v) is 2.40. The quantitative estimate of drug-likeness (QED) is 0.921. The summed E-state index contributed by atoms with van der Waals surface area (Å²) in [6, 6.07) is 9.78. The number of carbonyl (C=O) groups is 1. The van der Waals surface area contributed by atoms with Crippen molar-refractivity contribution < 1.29 is 13.9 Å². The van der Waals surface area contributed by atoms with Crippen LogP contribution in [0, 0.1) is 26.6 Å². The molecule has 1 N–H and O–H groups in total. The Hall–Kier alpha value is -2.36. The first kappa shape index (κ1) is 16.0. The predicted octanol–water partition coefficient (Wildman–Crippen LogP) is 4.16. The van der Waals surface area contributed by atoms with E-state index in [1.165, 1.54) is 12.1 Å². The number of carbonyl (C=O) groups excluding carboxylic acids is 1. The third-order valence-electron chi connectivity index (χ3n) is 3.40. The molecule has 0 aromatic heterocycles. The molecule has 22 heavy (non-hydrogen) atoms. The van der Waals surface area contributed by atoms with E-state index in [1.54, 1.807) is 19.1 Å². The van der Waals surface area contributed by atoms with E-state index in [0.29, 0.717) is 5.75 Å². The summed E-state index contributed by atoms with van der Waals surface area (Å²) in [4.78, 5) is 12.3. The van der Waals surface area contributed by atoms with Gasteiger partial charge in [-0.2, -0.15) is 0 Å². The lowest BCUT2D eigenvalue weighted by molar-refractivity contribution is -0.122. The second kappa shape index (κ2) is 6.60. The molecule has 0 radical (unpaired) electrons. The number of rotatable bonds is 4. The number of anilines is 1. The Morgan fingerprint density at radius 1 is 1.14 bits per heavy atom. The standard InChI is InChI=1S/C18H20FNO2/c1-11-8-12(2)17(13(3)9-11)20-18(21)14(4)22-16-7-5-6-15(19)10-16/h5-10,14H,1-4H3,(H,20,21). The van der Waals surface area contributed by atoms with Crippen LogP contribution in [0.4, 0.5) is 10.1 Å². The summed E-state index contributed by atoms with van der Waals surface area (Å²) >= 11 is 0. The highest BCUT2D eigenvalue weighted by molar-refractivity contribution is 5.95. The summed E-state index contributed by atoms with van der Waals surface area (Å²) < 4.78 is 18.6. The van der Waals surface area contributed by atoms with Crippen LogP contribution in [0.15, 0.2) is 36.4 Å². The molecular formula is C18H20FNO2. The summed E-state index contributed by atoms with van der Waals surface area (Å²) in [5, 5.41) is 2.88. The minimum Gasteiger partial charge on any atom is -0.481 e. The highest BCUT2D eigenvalue weighted by Gasteiger charge is 2.17. The normalized spacial score (nSPS) is 11.9. The van der Waals surface area contributed by atoms with E-state index in [0.717, 1.165) is 22.4 Å². The molecule has 1 unspecified atom stereocenters. The Labute approximate surface area is 130 Å². The lowest BCUT2D eigenvalue weighted by atomic mass is 10.0. The monoisotopic (exact) mass is 301 g/mol. The second-order valence-corrected chi connectivity index (χ2v) is 5.48. The van der Waals surface area contributed by atoms with Crippen LogP contribution < -0.4 is 10.1 Å². The third kappa shape index (κ3) is 3.85. The van der Waals surface area contributed by atoms with E-state index in [9.17, 15) is 9.18 Å². The minimum atomic E-state index is -0.720. The van der Waals surface area contributed by atoms with Gasteiger partial charge in [-0.1, -0.05) is 23.8 Å². The van der Waals surface area contributed by atoms with E-state index in [2.05, 4.69) is 5.32 Å². The molecule has 1 atom stereocenters. The fourth-order valence-electron chi connectivity index (χ4n) is 2.40. The molecular weight excluding hydrogens is 281 g/mol. The van der Waals surface area contributed by atoms with Crippen LogP contribution in [0.3, 0.4) is 0 Å². The summed E-state index contributed by atoms with van der Waals surface area (Å²) in [5.74, 6) is -0.324. The number of ether oxygens (including phenoxy) is 1. The van der Waals surface area contributed by atoms with Crippen LogP contribution in [0.2, 0.25) is 0 Å². The van der Waals surface area contributed by atoms with Crippen molar-refractivity contribution in [2.24, 2.45) is 0 Å². The van der Waals surface area contributed by atoms with Crippen molar-refractivity contribution in [1.82, 2.24) is 0 Å². The summed E-state index contributed by atoms with van der Waals surface area (Å²) in [6.45, 7) is 7.56. The number of nitrogens with one attached hydrogen (secondary N) is 1. The highest BCUT2D eigenvalue weighted by atomic mass is 19.1. The maximum absolute atomic E-state index is 13.1. The molecule has 0 aliphatic carbocycles. The molecule has 2 aromatic rings. The van der Waals surface area contributed by atoms with E-state index in [-0.39, 0.29) is 5.91 Å². The van der Waals surface area contributed by atoms with Crippen molar-refractivity contribution >= 4 is 11.6 Å². The lowest BCUT2D eigenvalue weighted by Gasteiger charge is -2.17. The lowest BCUT2D eigenvalue weighted by Crippen LogP contribution is -2.30. The van der Waals surface area contributed by atoms with E-state index >= 15 is 0 Å². The third-order valence-corrected chi connectivity index (χ3v) is 3.40. The van der Waals surface area contributed by atoms with Crippen molar-refractivity contribution in [2.75, 3.05) is 5.32 Å². The molecule has 1 amide bonds. The van der Waals surface area contributed by atoms with E-state index in [4.69, 9.17) is 4.74 Å². The molecule has 2 aromatic carbocycles. The van der Waals surface area contributed by atoms with Gasteiger partial charge in [-0.05, 0) is 51.0 Å². The van der Waals surface area contributed by atoms with Gasteiger partial charge in [0, 0.05) is 11.8 Å². The zero-order chi connectivity index (χ0) is 16.3. The van der Waals surface area contributed by atoms with Gasteiger partial charge in [0.25, 0.3) is 5.91 Å². The maximum Gasteiger partial charge on any atom is 0.265 e. The summed E-state index contributed by atoms with van der Waals surface area (Å²) in [7, 11) is 0. The molecule has 116 valence electrons. The highest BCUT2D eigenvalue weighted by Crippen LogP contribution is 2.22. The molecule has 3 nitrogen and oxygen atoms in total. The fraction of sp³-hybridized carbons (Fsp3) is 0.278. The van der Waals surface area contributed by atoms with Crippen LogP contribution in [-0.2, 0) is 4.79 Å². The number of aryl methyl sites for hydroxylation is 3. The first-order valence-electron chi connectivity index (χ1n) is 7.18. The van der Waals surface area contributed by atoms with Crippen molar-refractivity contribution in [3.05, 3.63) is 58.9 Å². The van der Waals surface area contributed by atoms with Gasteiger partial charge in [0.1, 0.15) is 11.6 Å². The number of hydrogen-bond acceptors (Lipinski definition) is 2. The molecule has 4 heteroatoms. The SMILES string of the molecule is Cc1cc(C)c(NC(=O)C(C)Oc2cccc(F)c2)c(C)c1. The first-order valence-corrected chi connectivity index (χ1v) is 7.18. The summed E-state index contributed by atoms with van der Waals surface area (Å²) in [6.07, 6.45) is -0.720. The van der Waals surface area contributed by atoms with Gasteiger partial charge in [0.2, 0.25) is 0 Å². The molecule has 0 heterocycles. The minimum absolute atomic E-state index is 0.265. The average Bonchev–Trinajstić information content (AvgIpc) is 2.42. The van der Waals surface area contributed by atoms with E-state index < -0.39 is 11.9 Å². The summed E-state index contributed by atoms with van der Waals surface area (Å²) in [5.41, 5.74) is 3.95. The van der Waals surface area contributed by atoms with Gasteiger partial charge in [0.15, 0.2) is 6.10 Å². The van der Waals surface area contributed by atoms with Gasteiger partial charge in [-0.3, -0.25) is 4.79 Å². The molecule has 0 aliphatic heterocycles. The molecule has 0 fully saturated rings. The van der Waals surface area contributed by atoms with Crippen LogP contribution in [0.25, 0.3) is 0 Å². The van der Waals surface area contributed by atoms with Crippen molar-refractivity contribution in [3.63, 3.8) is 0 Å². The van der Waals surface area contributed by atoms with Crippen LogP contribution in [0.1, 0.15) is 23.6 Å². The topological polar surface area (TPSA) is 38.3 Å². The molecule has 0 bridgehead atoms. The van der Waals surface area contributed by atoms with Crippen LogP contribution in [0.5, 0.6) is 5.75 Å². The smallest absolute Gasteiger partial charge is 0.265 e. The Bertz CT molecular complexity index is 674. The Balaban J connectivity index is 2.09. The number of benzene rings is 2. The van der Waals surface area contributed by atoms with Crippen molar-refractivity contribution in [3.8, 4) is 5.75 Å². The van der Waals surface area contributed by atoms with Crippen LogP contribution >= 0.6 is 0 Å². The zero-order valence-corrected chi connectivity index (χ0v) is 13.2. The van der Waals surface area contributed by atoms with Crippen LogP contribution in [-0.4, -0.2) is 12.0 Å². The molecule has 0 spiro atoms. The Morgan fingerprint density at radius 3 is 2.36 bits per heavy atom. The predicted molar refractivity (Wildman–Crippen MR) is 85.8 cm³/mol. The van der Waals surface area contributed by atoms with Crippen molar-refractivity contribution in [2.45, 2.75) is 33.8 Å². The Morgan fingerprint density at radius 2 is 1.77 bits per heavy atom. The molecule has 0 saturated heterocycles. The molecule has 0 aliphatic rings. The van der Waals surface area contributed by atoms with Gasteiger partial charge in [-0.25, -0.2) is 4.39 Å². The van der Waals surface area contributed by atoms with E-state index in [1.807, 2.05) is 32.9 Å². The number of amides is 1. The number of halogens is 1. The largest absolute Gasteiger partial charge is 0.481 e. The average molecular weight is 301 g/mol. The second-order valence-electron chi connectivity index (χ2n) is 5.48. The molecule has 0 saturated carbocycles. The Kier molecular flexibility index (Phi) is 4.81. The molecule has 2 rings (SSSR count). The van der Waals surface area contributed by atoms with Gasteiger partial charge in [-0.15, -0.1) is 0 Å². The van der Waals surface area contributed by atoms with Gasteiger partial charge >= 0.3 is 0 Å². The zero-order valence-electron chi connectivity index (χ0n) is 13.2.